The molecule has 11 nitrogen and oxygen atoms in total. The molecule has 0 saturated carbocycles. The van der Waals surface area contributed by atoms with E-state index >= 15 is 0 Å². The van der Waals surface area contributed by atoms with Crippen LogP contribution < -0.4 is 0 Å². The fraction of sp³-hybridized carbons (Fsp3) is 1.00. The smallest absolute Gasteiger partial charge is 0.186 e. The van der Waals surface area contributed by atoms with E-state index in [0.29, 0.717) is 0 Å². The van der Waals surface area contributed by atoms with Gasteiger partial charge in [0.2, 0.25) is 0 Å². The van der Waals surface area contributed by atoms with Gasteiger partial charge in [-0.1, -0.05) is 0 Å². The Morgan fingerprint density at radius 2 is 1.33 bits per heavy atom. The van der Waals surface area contributed by atoms with Crippen molar-refractivity contribution in [2.45, 2.75) is 55.3 Å². The Labute approximate surface area is 137 Å². The third kappa shape index (κ3) is 4.39. The molecule has 7 N–H and O–H groups in total. The van der Waals surface area contributed by atoms with Crippen molar-refractivity contribution in [2.24, 2.45) is 0 Å². The largest absolute Gasteiger partial charge is 0.394 e. The first kappa shape index (κ1) is 19.9. The van der Waals surface area contributed by atoms with Gasteiger partial charge in [0.05, 0.1) is 26.4 Å². The molecular formula is C13H24O11. The fourth-order valence-electron chi connectivity index (χ4n) is 2.44. The van der Waals surface area contributed by atoms with Crippen molar-refractivity contribution in [1.29, 1.82) is 0 Å². The third-order valence-electron chi connectivity index (χ3n) is 3.91. The van der Waals surface area contributed by atoms with Crippen LogP contribution in [0.15, 0.2) is 0 Å². The van der Waals surface area contributed by atoms with Crippen molar-refractivity contribution in [1.82, 2.24) is 0 Å². The lowest BCUT2D eigenvalue weighted by molar-refractivity contribution is -0.210. The van der Waals surface area contributed by atoms with E-state index in [2.05, 4.69) is 0 Å². The van der Waals surface area contributed by atoms with Gasteiger partial charge < -0.3 is 54.7 Å². The molecule has 2 heterocycles. The Balaban J connectivity index is 1.80. The summed E-state index contributed by atoms with van der Waals surface area (Å²) in [4.78, 5) is 0. The average molecular weight is 356 g/mol. The molecule has 2 aliphatic heterocycles. The van der Waals surface area contributed by atoms with Gasteiger partial charge in [0.15, 0.2) is 12.6 Å². The monoisotopic (exact) mass is 356 g/mol. The first-order chi connectivity index (χ1) is 11.4. The highest BCUT2D eigenvalue weighted by molar-refractivity contribution is 4.89. The van der Waals surface area contributed by atoms with Crippen LogP contribution >= 0.6 is 0 Å². The van der Waals surface area contributed by atoms with Crippen molar-refractivity contribution in [3.05, 3.63) is 0 Å². The molecule has 2 rings (SSSR count). The van der Waals surface area contributed by atoms with Crippen molar-refractivity contribution < 1.29 is 54.7 Å². The molecule has 2 aliphatic rings. The summed E-state index contributed by atoms with van der Waals surface area (Å²) in [7, 11) is 0. The summed E-state index contributed by atoms with van der Waals surface area (Å²) in [5.74, 6) is 0. The molecule has 142 valence electrons. The predicted molar refractivity (Wildman–Crippen MR) is 73.4 cm³/mol. The number of aliphatic hydroxyl groups is 7. The molecule has 24 heavy (non-hydrogen) atoms. The van der Waals surface area contributed by atoms with E-state index in [1.165, 1.54) is 0 Å². The quantitative estimate of drug-likeness (QED) is 0.222. The van der Waals surface area contributed by atoms with Gasteiger partial charge in [0.25, 0.3) is 0 Å². The molecule has 0 unspecified atom stereocenters. The zero-order valence-corrected chi connectivity index (χ0v) is 12.8. The second-order valence-corrected chi connectivity index (χ2v) is 5.73. The molecule has 0 aliphatic carbocycles. The number of hydrogen-bond donors (Lipinski definition) is 7. The summed E-state index contributed by atoms with van der Waals surface area (Å²) in [6.07, 6.45) is -11.0. The maximum Gasteiger partial charge on any atom is 0.186 e. The molecule has 0 aromatic carbocycles. The summed E-state index contributed by atoms with van der Waals surface area (Å²) in [5.41, 5.74) is 0. The van der Waals surface area contributed by atoms with Crippen molar-refractivity contribution in [3.8, 4) is 0 Å². The van der Waals surface area contributed by atoms with Gasteiger partial charge in [-0.25, -0.2) is 0 Å². The van der Waals surface area contributed by atoms with Gasteiger partial charge >= 0.3 is 0 Å². The summed E-state index contributed by atoms with van der Waals surface area (Å²) in [6, 6.07) is 0. The SMILES string of the molecule is OC[C@H](O)CO[C@@H]1O[C@@H](CO[C@@H]2O[C@@H](CO)[C@H](O)[C@H]2O)[C@H](O)[C@H]1O. The van der Waals surface area contributed by atoms with Crippen LogP contribution in [-0.2, 0) is 18.9 Å². The van der Waals surface area contributed by atoms with Crippen LogP contribution in [0.4, 0.5) is 0 Å². The van der Waals surface area contributed by atoms with Crippen LogP contribution in [0.5, 0.6) is 0 Å². The first-order valence-electron chi connectivity index (χ1n) is 7.55. The van der Waals surface area contributed by atoms with Crippen molar-refractivity contribution >= 4 is 0 Å². The van der Waals surface area contributed by atoms with E-state index in [1.807, 2.05) is 0 Å². The maximum atomic E-state index is 9.90. The van der Waals surface area contributed by atoms with Crippen LogP contribution in [-0.4, -0.2) is 117 Å². The van der Waals surface area contributed by atoms with Gasteiger partial charge in [-0.15, -0.1) is 0 Å². The molecule has 11 heteroatoms. The van der Waals surface area contributed by atoms with Gasteiger partial charge in [0, 0.05) is 0 Å². The van der Waals surface area contributed by atoms with Gasteiger partial charge in [0.1, 0.15) is 42.7 Å². The molecule has 2 saturated heterocycles. The van der Waals surface area contributed by atoms with Crippen LogP contribution in [0.3, 0.4) is 0 Å². The van der Waals surface area contributed by atoms with Crippen LogP contribution in [0.2, 0.25) is 0 Å². The molecule has 0 aromatic rings. The zero-order chi connectivity index (χ0) is 17.9. The van der Waals surface area contributed by atoms with Crippen LogP contribution in [0.25, 0.3) is 0 Å². The standard InChI is InChI=1S/C13H24O11/c14-1-5(16)3-21-12-11(20)9(18)7(24-12)4-22-13-10(19)8(17)6(2-15)23-13/h5-20H,1-4H2/t5-,6-,7-,8-,9-,10+,11+,12+,13+/m0/s1. The van der Waals surface area contributed by atoms with E-state index in [4.69, 9.17) is 29.2 Å². The Bertz CT molecular complexity index is 383. The third-order valence-corrected chi connectivity index (χ3v) is 3.91. The van der Waals surface area contributed by atoms with Crippen molar-refractivity contribution in [2.75, 3.05) is 26.4 Å². The Hall–Kier alpha value is -0.440. The Morgan fingerprint density at radius 1 is 0.792 bits per heavy atom. The highest BCUT2D eigenvalue weighted by atomic mass is 16.7. The minimum Gasteiger partial charge on any atom is -0.394 e. The highest BCUT2D eigenvalue weighted by Gasteiger charge is 2.46. The first-order valence-corrected chi connectivity index (χ1v) is 7.55. The molecule has 0 bridgehead atoms. The molecule has 0 radical (unpaired) electrons. The van der Waals surface area contributed by atoms with Gasteiger partial charge in [-0.3, -0.25) is 0 Å². The lowest BCUT2D eigenvalue weighted by Crippen LogP contribution is -2.38. The maximum absolute atomic E-state index is 9.90. The predicted octanol–water partition coefficient (Wildman–Crippen LogP) is -4.74. The number of hydrogen-bond acceptors (Lipinski definition) is 11. The molecule has 0 amide bonds. The summed E-state index contributed by atoms with van der Waals surface area (Å²) >= 11 is 0. The van der Waals surface area contributed by atoms with Crippen LogP contribution in [0.1, 0.15) is 0 Å². The second-order valence-electron chi connectivity index (χ2n) is 5.73. The zero-order valence-electron chi connectivity index (χ0n) is 12.8. The minimum atomic E-state index is -1.39. The number of ether oxygens (including phenoxy) is 4. The number of rotatable bonds is 8. The van der Waals surface area contributed by atoms with E-state index in [-0.39, 0.29) is 13.2 Å². The molecular weight excluding hydrogens is 332 g/mol. The fourth-order valence-corrected chi connectivity index (χ4v) is 2.44. The highest BCUT2D eigenvalue weighted by Crippen LogP contribution is 2.26. The average Bonchev–Trinajstić information content (AvgIpc) is 3.01. The van der Waals surface area contributed by atoms with Crippen LogP contribution in [0, 0.1) is 0 Å². The van der Waals surface area contributed by atoms with Crippen molar-refractivity contribution in [3.63, 3.8) is 0 Å². The normalized spacial score (nSPS) is 44.1. The summed E-state index contributed by atoms with van der Waals surface area (Å²) in [6.45, 7) is -1.60. The summed E-state index contributed by atoms with van der Waals surface area (Å²) in [5, 5.41) is 65.9. The van der Waals surface area contributed by atoms with Gasteiger partial charge in [-0.2, -0.15) is 0 Å². The molecule has 0 spiro atoms. The van der Waals surface area contributed by atoms with Gasteiger partial charge in [-0.05, 0) is 0 Å². The lowest BCUT2D eigenvalue weighted by atomic mass is 10.1. The second kappa shape index (κ2) is 8.78. The minimum absolute atomic E-state index is 0.284. The Kier molecular flexibility index (Phi) is 7.27. The molecule has 2 fully saturated rings. The number of aliphatic hydroxyl groups excluding tert-OH is 7. The Morgan fingerprint density at radius 3 is 1.88 bits per heavy atom. The topological polar surface area (TPSA) is 179 Å². The van der Waals surface area contributed by atoms with E-state index in [0.717, 1.165) is 0 Å². The molecule has 9 atom stereocenters. The van der Waals surface area contributed by atoms with E-state index < -0.39 is 68.5 Å². The summed E-state index contributed by atoms with van der Waals surface area (Å²) < 4.78 is 20.7. The lowest BCUT2D eigenvalue weighted by Gasteiger charge is -2.20. The molecule has 0 aromatic heterocycles. The van der Waals surface area contributed by atoms with E-state index in [1.54, 1.807) is 0 Å². The van der Waals surface area contributed by atoms with E-state index in [9.17, 15) is 25.5 Å².